The lowest BCUT2D eigenvalue weighted by atomic mass is 10.1. The maximum atomic E-state index is 3.58. The van der Waals surface area contributed by atoms with Gasteiger partial charge in [-0.25, -0.2) is 0 Å². The van der Waals surface area contributed by atoms with Gasteiger partial charge in [0.25, 0.3) is 0 Å². The molecule has 2 nitrogen and oxygen atoms in total. The highest BCUT2D eigenvalue weighted by atomic mass is 14.9. The van der Waals surface area contributed by atoms with Gasteiger partial charge in [-0.05, 0) is 42.9 Å². The largest absolute Gasteiger partial charge is 0.361 e. The van der Waals surface area contributed by atoms with E-state index >= 15 is 0 Å². The van der Waals surface area contributed by atoms with Crippen molar-refractivity contribution in [3.8, 4) is 0 Å². The summed E-state index contributed by atoms with van der Waals surface area (Å²) in [7, 11) is 0. The third-order valence-electron chi connectivity index (χ3n) is 3.88. The Morgan fingerprint density at radius 1 is 1.35 bits per heavy atom. The van der Waals surface area contributed by atoms with Crippen LogP contribution in [0, 0.1) is 11.8 Å². The number of hydrogen-bond donors (Lipinski definition) is 2. The molecule has 1 aromatic carbocycles. The minimum absolute atomic E-state index is 0.834. The molecule has 1 aliphatic rings. The molecule has 0 aliphatic heterocycles. The van der Waals surface area contributed by atoms with Crippen LogP contribution in [0.15, 0.2) is 30.5 Å². The van der Waals surface area contributed by atoms with E-state index in [-0.39, 0.29) is 0 Å². The van der Waals surface area contributed by atoms with Crippen LogP contribution >= 0.6 is 0 Å². The smallest absolute Gasteiger partial charge is 0.0457 e. The lowest BCUT2D eigenvalue weighted by Crippen LogP contribution is -2.21. The summed E-state index contributed by atoms with van der Waals surface area (Å²) >= 11 is 0. The molecule has 1 fully saturated rings. The third-order valence-corrected chi connectivity index (χ3v) is 3.88. The summed E-state index contributed by atoms with van der Waals surface area (Å²) in [5, 5.41) is 4.93. The fourth-order valence-electron chi connectivity index (χ4n) is 2.54. The summed E-state index contributed by atoms with van der Waals surface area (Å²) in [6.07, 6.45) is 5.01. The summed E-state index contributed by atoms with van der Waals surface area (Å²) < 4.78 is 0. The first kappa shape index (κ1) is 10.8. The maximum Gasteiger partial charge on any atom is 0.0457 e. The van der Waals surface area contributed by atoms with Crippen LogP contribution in [0.3, 0.4) is 0 Å². The van der Waals surface area contributed by atoms with Gasteiger partial charge in [0.05, 0.1) is 0 Å². The zero-order valence-corrected chi connectivity index (χ0v) is 10.4. The lowest BCUT2D eigenvalue weighted by molar-refractivity contribution is 0.462. The molecule has 1 heterocycles. The number of H-pyrrole nitrogens is 1. The second-order valence-electron chi connectivity index (χ2n) is 5.31. The van der Waals surface area contributed by atoms with Crippen molar-refractivity contribution in [2.45, 2.75) is 26.3 Å². The highest BCUT2D eigenvalue weighted by Gasteiger charge is 2.27. The molecule has 2 heteroatoms. The van der Waals surface area contributed by atoms with E-state index in [9.17, 15) is 0 Å². The van der Waals surface area contributed by atoms with Gasteiger partial charge in [-0.2, -0.15) is 0 Å². The van der Waals surface area contributed by atoms with Crippen molar-refractivity contribution in [3.63, 3.8) is 0 Å². The number of nitrogens with one attached hydrogen (secondary N) is 2. The standard InChI is InChI=1S/C15H20N2/c1-11(12-6-7-12)8-16-9-13-10-17-15-5-3-2-4-14(13)15/h2-5,10-12,16-17H,6-9H2,1H3. The van der Waals surface area contributed by atoms with Crippen molar-refractivity contribution >= 4 is 10.9 Å². The van der Waals surface area contributed by atoms with Crippen molar-refractivity contribution < 1.29 is 0 Å². The Morgan fingerprint density at radius 2 is 2.18 bits per heavy atom. The molecular weight excluding hydrogens is 208 g/mol. The predicted molar refractivity (Wildman–Crippen MR) is 71.9 cm³/mol. The Labute approximate surface area is 102 Å². The zero-order valence-electron chi connectivity index (χ0n) is 10.4. The normalized spacial score (nSPS) is 17.5. The van der Waals surface area contributed by atoms with E-state index in [4.69, 9.17) is 0 Å². The molecule has 1 aliphatic carbocycles. The first-order chi connectivity index (χ1) is 8.34. The Morgan fingerprint density at radius 3 is 3.00 bits per heavy atom. The van der Waals surface area contributed by atoms with Gasteiger partial charge in [-0.3, -0.25) is 0 Å². The Bertz CT molecular complexity index is 496. The Hall–Kier alpha value is -1.28. The molecule has 0 radical (unpaired) electrons. The van der Waals surface area contributed by atoms with Crippen molar-refractivity contribution in [1.29, 1.82) is 0 Å². The minimum Gasteiger partial charge on any atom is -0.361 e. The molecule has 1 saturated carbocycles. The molecule has 17 heavy (non-hydrogen) atoms. The average Bonchev–Trinajstić information content (AvgIpc) is 3.12. The molecule has 0 amide bonds. The van der Waals surface area contributed by atoms with Crippen molar-refractivity contribution in [1.82, 2.24) is 10.3 Å². The van der Waals surface area contributed by atoms with Gasteiger partial charge >= 0.3 is 0 Å². The second-order valence-corrected chi connectivity index (χ2v) is 5.31. The number of para-hydroxylation sites is 1. The van der Waals surface area contributed by atoms with Crippen LogP contribution in [0.5, 0.6) is 0 Å². The van der Waals surface area contributed by atoms with Gasteiger partial charge in [0, 0.05) is 23.6 Å². The molecule has 2 N–H and O–H groups in total. The summed E-state index contributed by atoms with van der Waals surface area (Å²) in [5.74, 6) is 1.82. The zero-order chi connectivity index (χ0) is 11.7. The summed E-state index contributed by atoms with van der Waals surface area (Å²) in [6.45, 7) is 4.48. The molecule has 3 rings (SSSR count). The van der Waals surface area contributed by atoms with Crippen molar-refractivity contribution in [2.24, 2.45) is 11.8 Å². The van der Waals surface area contributed by atoms with Crippen LogP contribution in [-0.2, 0) is 6.54 Å². The van der Waals surface area contributed by atoms with Gasteiger partial charge < -0.3 is 10.3 Å². The topological polar surface area (TPSA) is 27.8 Å². The van der Waals surface area contributed by atoms with E-state index < -0.39 is 0 Å². The van der Waals surface area contributed by atoms with Crippen LogP contribution in [-0.4, -0.2) is 11.5 Å². The van der Waals surface area contributed by atoms with E-state index in [1.165, 1.54) is 29.3 Å². The Balaban J connectivity index is 1.60. The number of hydrogen-bond acceptors (Lipinski definition) is 1. The van der Waals surface area contributed by atoms with Crippen LogP contribution in [0.25, 0.3) is 10.9 Å². The summed E-state index contributed by atoms with van der Waals surface area (Å²) in [6, 6.07) is 8.50. The van der Waals surface area contributed by atoms with Gasteiger partial charge in [-0.15, -0.1) is 0 Å². The minimum atomic E-state index is 0.834. The number of aromatic amines is 1. The second kappa shape index (κ2) is 4.53. The van der Waals surface area contributed by atoms with E-state index in [1.807, 2.05) is 0 Å². The lowest BCUT2D eigenvalue weighted by Gasteiger charge is -2.10. The number of aromatic nitrogens is 1. The van der Waals surface area contributed by atoms with Gasteiger partial charge in [0.1, 0.15) is 0 Å². The molecule has 0 bridgehead atoms. The first-order valence-electron chi connectivity index (χ1n) is 6.60. The molecular formula is C15H20N2. The number of rotatable bonds is 5. The van der Waals surface area contributed by atoms with Crippen LogP contribution in [0.4, 0.5) is 0 Å². The van der Waals surface area contributed by atoms with E-state index in [0.717, 1.165) is 24.9 Å². The van der Waals surface area contributed by atoms with E-state index in [2.05, 4.69) is 47.7 Å². The van der Waals surface area contributed by atoms with E-state index in [1.54, 1.807) is 0 Å². The van der Waals surface area contributed by atoms with E-state index in [0.29, 0.717) is 0 Å². The highest BCUT2D eigenvalue weighted by Crippen LogP contribution is 2.36. The third kappa shape index (κ3) is 2.37. The molecule has 2 aromatic rings. The average molecular weight is 228 g/mol. The Kier molecular flexibility index (Phi) is 2.89. The monoisotopic (exact) mass is 228 g/mol. The molecule has 1 atom stereocenters. The summed E-state index contributed by atoms with van der Waals surface area (Å²) in [4.78, 5) is 3.32. The highest BCUT2D eigenvalue weighted by molar-refractivity contribution is 5.82. The number of fused-ring (bicyclic) bond motifs is 1. The maximum absolute atomic E-state index is 3.58. The van der Waals surface area contributed by atoms with Crippen molar-refractivity contribution in [3.05, 3.63) is 36.0 Å². The molecule has 0 spiro atoms. The van der Waals surface area contributed by atoms with Gasteiger partial charge in [-0.1, -0.05) is 25.1 Å². The van der Waals surface area contributed by atoms with Gasteiger partial charge in [0.2, 0.25) is 0 Å². The summed E-state index contributed by atoms with van der Waals surface area (Å²) in [5.41, 5.74) is 2.61. The fourth-order valence-corrected chi connectivity index (χ4v) is 2.54. The molecule has 90 valence electrons. The quantitative estimate of drug-likeness (QED) is 0.807. The van der Waals surface area contributed by atoms with Crippen LogP contribution in [0.1, 0.15) is 25.3 Å². The number of benzene rings is 1. The van der Waals surface area contributed by atoms with Crippen LogP contribution < -0.4 is 5.32 Å². The molecule has 1 aromatic heterocycles. The van der Waals surface area contributed by atoms with Crippen LogP contribution in [0.2, 0.25) is 0 Å². The molecule has 0 saturated heterocycles. The predicted octanol–water partition coefficient (Wildman–Crippen LogP) is 3.30. The SMILES string of the molecule is CC(CNCc1c[nH]c2ccccc12)C1CC1. The molecule has 1 unspecified atom stereocenters. The fraction of sp³-hybridized carbons (Fsp3) is 0.467. The first-order valence-corrected chi connectivity index (χ1v) is 6.60. The van der Waals surface area contributed by atoms with Crippen molar-refractivity contribution in [2.75, 3.05) is 6.54 Å². The van der Waals surface area contributed by atoms with Gasteiger partial charge in [0.15, 0.2) is 0 Å².